The van der Waals surface area contributed by atoms with E-state index in [1.54, 1.807) is 21.0 Å². The number of methoxy groups -OCH3 is 1. The molecule has 1 saturated carbocycles. The molecular weight excluding hydrogens is 202 g/mol. The molecule has 3 nitrogen and oxygen atoms in total. The molecule has 0 bridgehead atoms. The maximum Gasteiger partial charge on any atom is 0.251 e. The van der Waals surface area contributed by atoms with Gasteiger partial charge in [0.05, 0.1) is 0 Å². The highest BCUT2D eigenvalue weighted by atomic mass is 16.5. The molecule has 0 aromatic heterocycles. The molecule has 0 saturated heterocycles. The van der Waals surface area contributed by atoms with Crippen LogP contribution in [-0.4, -0.2) is 24.7 Å². The quantitative estimate of drug-likeness (QED) is 0.804. The predicted molar refractivity (Wildman–Crippen MR) is 65.3 cm³/mol. The summed E-state index contributed by atoms with van der Waals surface area (Å²) >= 11 is 0. The number of carbonyl (C=O) groups excluding carboxylic acids is 1. The van der Waals surface area contributed by atoms with Gasteiger partial charge in [-0.3, -0.25) is 4.79 Å². The molecule has 1 aliphatic rings. The first kappa shape index (κ1) is 13.5. The van der Waals surface area contributed by atoms with Crippen molar-refractivity contribution in [3.05, 3.63) is 0 Å². The minimum absolute atomic E-state index is 0.00213. The number of hydrogen-bond donors (Lipinski definition) is 1. The number of hydrogen-bond acceptors (Lipinski definition) is 2. The van der Waals surface area contributed by atoms with Crippen molar-refractivity contribution in [2.45, 2.75) is 65.0 Å². The lowest BCUT2D eigenvalue weighted by Crippen LogP contribution is -2.49. The van der Waals surface area contributed by atoms with Crippen molar-refractivity contribution in [3.63, 3.8) is 0 Å². The van der Waals surface area contributed by atoms with Crippen LogP contribution >= 0.6 is 0 Å². The van der Waals surface area contributed by atoms with Crippen LogP contribution < -0.4 is 5.32 Å². The Balaban J connectivity index is 2.52. The molecule has 1 fully saturated rings. The normalized spacial score (nSPS) is 25.2. The number of ether oxygens (including phenoxy) is 1. The van der Waals surface area contributed by atoms with Gasteiger partial charge in [-0.25, -0.2) is 0 Å². The van der Waals surface area contributed by atoms with E-state index >= 15 is 0 Å². The highest BCUT2D eigenvalue weighted by Crippen LogP contribution is 2.35. The zero-order chi connectivity index (χ0) is 12.4. The van der Waals surface area contributed by atoms with Gasteiger partial charge in [0, 0.05) is 13.2 Å². The Labute approximate surface area is 98.9 Å². The Hall–Kier alpha value is -0.570. The van der Waals surface area contributed by atoms with Crippen molar-refractivity contribution in [1.29, 1.82) is 0 Å². The van der Waals surface area contributed by atoms with Crippen LogP contribution in [0.25, 0.3) is 0 Å². The first-order chi connectivity index (χ1) is 7.27. The Kier molecular flexibility index (Phi) is 4.00. The average molecular weight is 227 g/mol. The van der Waals surface area contributed by atoms with Gasteiger partial charge in [-0.15, -0.1) is 0 Å². The molecule has 0 aromatic carbocycles. The number of amides is 1. The third kappa shape index (κ3) is 3.48. The van der Waals surface area contributed by atoms with E-state index in [0.717, 1.165) is 12.8 Å². The Morgan fingerprint density at radius 2 is 2.06 bits per heavy atom. The van der Waals surface area contributed by atoms with Crippen molar-refractivity contribution in [1.82, 2.24) is 5.32 Å². The molecule has 1 unspecified atom stereocenters. The maximum atomic E-state index is 11.9. The summed E-state index contributed by atoms with van der Waals surface area (Å²) in [5.74, 6) is -0.00213. The van der Waals surface area contributed by atoms with Crippen molar-refractivity contribution >= 4 is 5.91 Å². The molecule has 94 valence electrons. The van der Waals surface area contributed by atoms with Gasteiger partial charge in [0.15, 0.2) is 0 Å². The molecule has 1 aliphatic carbocycles. The third-order valence-electron chi connectivity index (χ3n) is 3.60. The smallest absolute Gasteiger partial charge is 0.251 e. The van der Waals surface area contributed by atoms with E-state index in [0.29, 0.717) is 11.5 Å². The standard InChI is InChI=1S/C13H25NO2/c1-12(2)8-6-7-10(9-12)14-11(15)13(3,4)16-5/h10H,6-9H2,1-5H3,(H,14,15). The monoisotopic (exact) mass is 227 g/mol. The zero-order valence-corrected chi connectivity index (χ0v) is 11.2. The highest BCUT2D eigenvalue weighted by Gasteiger charge is 2.33. The van der Waals surface area contributed by atoms with E-state index in [4.69, 9.17) is 4.74 Å². The number of rotatable bonds is 3. The van der Waals surface area contributed by atoms with Gasteiger partial charge in [-0.05, 0) is 38.5 Å². The van der Waals surface area contributed by atoms with Crippen LogP contribution in [0.5, 0.6) is 0 Å². The molecule has 0 aliphatic heterocycles. The molecule has 0 aromatic rings. The average Bonchev–Trinajstić information content (AvgIpc) is 2.16. The minimum atomic E-state index is -0.721. The lowest BCUT2D eigenvalue weighted by Gasteiger charge is -2.36. The fourth-order valence-electron chi connectivity index (χ4n) is 2.27. The summed E-state index contributed by atoms with van der Waals surface area (Å²) < 4.78 is 5.18. The van der Waals surface area contributed by atoms with Gasteiger partial charge >= 0.3 is 0 Å². The predicted octanol–water partition coefficient (Wildman–Crippen LogP) is 2.50. The fourth-order valence-corrected chi connectivity index (χ4v) is 2.27. The Morgan fingerprint density at radius 3 is 2.56 bits per heavy atom. The second-order valence-electron chi connectivity index (χ2n) is 6.15. The third-order valence-corrected chi connectivity index (χ3v) is 3.60. The van der Waals surface area contributed by atoms with Crippen LogP contribution in [-0.2, 0) is 9.53 Å². The van der Waals surface area contributed by atoms with Crippen molar-refractivity contribution in [2.75, 3.05) is 7.11 Å². The second-order valence-corrected chi connectivity index (χ2v) is 6.15. The molecule has 0 spiro atoms. The van der Waals surface area contributed by atoms with Crippen molar-refractivity contribution in [3.8, 4) is 0 Å². The largest absolute Gasteiger partial charge is 0.369 e. The van der Waals surface area contributed by atoms with E-state index in [2.05, 4.69) is 19.2 Å². The first-order valence-corrected chi connectivity index (χ1v) is 6.13. The molecule has 0 radical (unpaired) electrons. The van der Waals surface area contributed by atoms with Crippen LogP contribution in [0.2, 0.25) is 0 Å². The van der Waals surface area contributed by atoms with Crippen molar-refractivity contribution in [2.24, 2.45) is 5.41 Å². The van der Waals surface area contributed by atoms with Crippen LogP contribution in [0.15, 0.2) is 0 Å². The second kappa shape index (κ2) is 4.74. The Bertz CT molecular complexity index is 259. The van der Waals surface area contributed by atoms with E-state index in [-0.39, 0.29) is 5.91 Å². The van der Waals surface area contributed by atoms with Crippen LogP contribution in [0.1, 0.15) is 53.4 Å². The molecule has 3 heteroatoms. The van der Waals surface area contributed by atoms with Crippen LogP contribution in [0, 0.1) is 5.41 Å². The van der Waals surface area contributed by atoms with E-state index in [1.807, 2.05) is 0 Å². The molecular formula is C13H25NO2. The van der Waals surface area contributed by atoms with Crippen molar-refractivity contribution < 1.29 is 9.53 Å². The number of nitrogens with one attached hydrogen (secondary N) is 1. The lowest BCUT2D eigenvalue weighted by atomic mass is 9.75. The van der Waals surface area contributed by atoms with Crippen LogP contribution in [0.4, 0.5) is 0 Å². The highest BCUT2D eigenvalue weighted by molar-refractivity contribution is 5.84. The van der Waals surface area contributed by atoms with Crippen LogP contribution in [0.3, 0.4) is 0 Å². The molecule has 1 atom stereocenters. The fraction of sp³-hybridized carbons (Fsp3) is 0.923. The summed E-state index contributed by atoms with van der Waals surface area (Å²) in [5.41, 5.74) is -0.366. The van der Waals surface area contributed by atoms with Gasteiger partial charge in [0.25, 0.3) is 5.91 Å². The topological polar surface area (TPSA) is 38.3 Å². The van der Waals surface area contributed by atoms with Gasteiger partial charge in [0.1, 0.15) is 5.60 Å². The number of carbonyl (C=O) groups is 1. The first-order valence-electron chi connectivity index (χ1n) is 6.13. The Morgan fingerprint density at radius 1 is 1.44 bits per heavy atom. The summed E-state index contributed by atoms with van der Waals surface area (Å²) in [6, 6.07) is 0.311. The van der Waals surface area contributed by atoms with Gasteiger partial charge in [-0.1, -0.05) is 20.3 Å². The summed E-state index contributed by atoms with van der Waals surface area (Å²) in [6.45, 7) is 8.15. The summed E-state index contributed by atoms with van der Waals surface area (Å²) in [7, 11) is 1.57. The van der Waals surface area contributed by atoms with E-state index in [9.17, 15) is 4.79 Å². The molecule has 16 heavy (non-hydrogen) atoms. The SMILES string of the molecule is COC(C)(C)C(=O)NC1CCCC(C)(C)C1. The molecule has 1 N–H and O–H groups in total. The lowest BCUT2D eigenvalue weighted by molar-refractivity contribution is -0.140. The summed E-state index contributed by atoms with van der Waals surface area (Å²) in [6.07, 6.45) is 4.62. The van der Waals surface area contributed by atoms with Gasteiger partial charge in [-0.2, -0.15) is 0 Å². The maximum absolute atomic E-state index is 11.9. The molecule has 0 heterocycles. The molecule has 1 amide bonds. The summed E-state index contributed by atoms with van der Waals surface area (Å²) in [4.78, 5) is 11.9. The zero-order valence-electron chi connectivity index (χ0n) is 11.2. The minimum Gasteiger partial charge on any atom is -0.369 e. The molecule has 1 rings (SSSR count). The van der Waals surface area contributed by atoms with Gasteiger partial charge < -0.3 is 10.1 Å². The summed E-state index contributed by atoms with van der Waals surface area (Å²) in [5, 5.41) is 3.10. The van der Waals surface area contributed by atoms with E-state index < -0.39 is 5.60 Å². The van der Waals surface area contributed by atoms with Gasteiger partial charge in [0.2, 0.25) is 0 Å². The van der Waals surface area contributed by atoms with E-state index in [1.165, 1.54) is 12.8 Å².